The van der Waals surface area contributed by atoms with E-state index in [1.807, 2.05) is 60.0 Å². The number of carbonyl (C=O) groups excluding carboxylic acids is 1. The van der Waals surface area contributed by atoms with Gasteiger partial charge in [-0.15, -0.1) is 21.5 Å². The summed E-state index contributed by atoms with van der Waals surface area (Å²) < 4.78 is 5.41. The standard InChI is InChI=1S/C19H17N5O2S/c25-18(14-24-21-19(20-22-24)17-9-5-11-27-17)23(13-16-8-4-10-26-16)12-15-6-2-1-3-7-15/h1-11H,12-14H2. The Bertz CT molecular complexity index is 980. The number of carbonyl (C=O) groups is 1. The van der Waals surface area contributed by atoms with Gasteiger partial charge < -0.3 is 9.32 Å². The third kappa shape index (κ3) is 4.29. The highest BCUT2D eigenvalue weighted by Crippen LogP contribution is 2.19. The Morgan fingerprint density at radius 3 is 2.70 bits per heavy atom. The highest BCUT2D eigenvalue weighted by Gasteiger charge is 2.18. The molecule has 0 N–H and O–H groups in total. The van der Waals surface area contributed by atoms with Crippen LogP contribution in [0.5, 0.6) is 0 Å². The zero-order valence-electron chi connectivity index (χ0n) is 14.4. The van der Waals surface area contributed by atoms with Gasteiger partial charge in [0.05, 0.1) is 17.7 Å². The average Bonchev–Trinajstić information content (AvgIpc) is 3.44. The quantitative estimate of drug-likeness (QED) is 0.493. The second-order valence-electron chi connectivity index (χ2n) is 5.94. The SMILES string of the molecule is O=C(Cn1nnc(-c2cccs2)n1)N(Cc1ccccc1)Cc1ccco1. The van der Waals surface area contributed by atoms with Crippen molar-refractivity contribution in [2.45, 2.75) is 19.6 Å². The minimum Gasteiger partial charge on any atom is -0.467 e. The summed E-state index contributed by atoms with van der Waals surface area (Å²) >= 11 is 1.53. The molecule has 0 spiro atoms. The Labute approximate surface area is 159 Å². The second kappa shape index (κ2) is 7.96. The number of thiophene rings is 1. The molecule has 4 rings (SSSR count). The Hall–Kier alpha value is -3.26. The van der Waals surface area contributed by atoms with Gasteiger partial charge >= 0.3 is 0 Å². The number of furan rings is 1. The molecule has 27 heavy (non-hydrogen) atoms. The Balaban J connectivity index is 1.49. The number of amides is 1. The first-order valence-electron chi connectivity index (χ1n) is 8.44. The van der Waals surface area contributed by atoms with E-state index in [9.17, 15) is 4.79 Å². The first-order valence-corrected chi connectivity index (χ1v) is 9.31. The molecule has 1 amide bonds. The molecular weight excluding hydrogens is 362 g/mol. The fraction of sp³-hybridized carbons (Fsp3) is 0.158. The van der Waals surface area contributed by atoms with Gasteiger partial charge in [0.2, 0.25) is 11.7 Å². The van der Waals surface area contributed by atoms with Crippen LogP contribution in [0, 0.1) is 0 Å². The summed E-state index contributed by atoms with van der Waals surface area (Å²) in [5.41, 5.74) is 1.04. The van der Waals surface area contributed by atoms with Crippen molar-refractivity contribution in [1.82, 2.24) is 25.1 Å². The van der Waals surface area contributed by atoms with Crippen LogP contribution in [0.15, 0.2) is 70.7 Å². The minimum absolute atomic E-state index is 0.0198. The lowest BCUT2D eigenvalue weighted by Crippen LogP contribution is -2.33. The van der Waals surface area contributed by atoms with Gasteiger partial charge in [-0.1, -0.05) is 36.4 Å². The van der Waals surface area contributed by atoms with Crippen LogP contribution in [0.1, 0.15) is 11.3 Å². The smallest absolute Gasteiger partial charge is 0.246 e. The number of aromatic nitrogens is 4. The van der Waals surface area contributed by atoms with E-state index >= 15 is 0 Å². The van der Waals surface area contributed by atoms with E-state index in [0.717, 1.165) is 16.2 Å². The average molecular weight is 379 g/mol. The van der Waals surface area contributed by atoms with Gasteiger partial charge in [0.1, 0.15) is 12.3 Å². The van der Waals surface area contributed by atoms with Crippen molar-refractivity contribution in [2.75, 3.05) is 0 Å². The molecule has 0 fully saturated rings. The van der Waals surface area contributed by atoms with Gasteiger partial charge in [0, 0.05) is 6.54 Å². The summed E-state index contributed by atoms with van der Waals surface area (Å²) in [7, 11) is 0. The van der Waals surface area contributed by atoms with E-state index in [-0.39, 0.29) is 12.5 Å². The van der Waals surface area contributed by atoms with Crippen LogP contribution in [-0.2, 0) is 24.4 Å². The summed E-state index contributed by atoms with van der Waals surface area (Å²) in [5, 5.41) is 14.3. The molecule has 0 aliphatic carbocycles. The van der Waals surface area contributed by atoms with Crippen molar-refractivity contribution in [3.05, 3.63) is 77.6 Å². The molecule has 0 radical (unpaired) electrons. The molecule has 8 heteroatoms. The van der Waals surface area contributed by atoms with Crippen LogP contribution in [0.3, 0.4) is 0 Å². The van der Waals surface area contributed by atoms with Crippen LogP contribution in [0.25, 0.3) is 10.7 Å². The van der Waals surface area contributed by atoms with Gasteiger partial charge in [-0.3, -0.25) is 4.79 Å². The lowest BCUT2D eigenvalue weighted by atomic mass is 10.2. The molecule has 0 saturated heterocycles. The normalized spacial score (nSPS) is 10.8. The van der Waals surface area contributed by atoms with Crippen molar-refractivity contribution in [3.63, 3.8) is 0 Å². The number of hydrogen-bond donors (Lipinski definition) is 0. The molecular formula is C19H17N5O2S. The number of benzene rings is 1. The van der Waals surface area contributed by atoms with Crippen molar-refractivity contribution >= 4 is 17.2 Å². The second-order valence-corrected chi connectivity index (χ2v) is 6.88. The van der Waals surface area contributed by atoms with Crippen LogP contribution >= 0.6 is 11.3 Å². The monoisotopic (exact) mass is 379 g/mol. The van der Waals surface area contributed by atoms with Gasteiger partial charge in [0.15, 0.2) is 0 Å². The summed E-state index contributed by atoms with van der Waals surface area (Å²) in [5.74, 6) is 1.15. The van der Waals surface area contributed by atoms with E-state index < -0.39 is 0 Å². The predicted molar refractivity (Wildman–Crippen MR) is 101 cm³/mol. The number of nitrogens with zero attached hydrogens (tertiary/aromatic N) is 5. The van der Waals surface area contributed by atoms with E-state index in [2.05, 4.69) is 15.4 Å². The van der Waals surface area contributed by atoms with E-state index in [1.54, 1.807) is 11.2 Å². The van der Waals surface area contributed by atoms with Gasteiger partial charge in [-0.05, 0) is 34.4 Å². The highest BCUT2D eigenvalue weighted by atomic mass is 32.1. The molecule has 3 aromatic heterocycles. The lowest BCUT2D eigenvalue weighted by molar-refractivity contribution is -0.133. The molecule has 3 heterocycles. The maximum absolute atomic E-state index is 12.9. The third-order valence-corrected chi connectivity index (χ3v) is 4.83. The zero-order valence-corrected chi connectivity index (χ0v) is 15.2. The predicted octanol–water partition coefficient (Wildman–Crippen LogP) is 3.22. The number of hydrogen-bond acceptors (Lipinski definition) is 6. The molecule has 0 bridgehead atoms. The van der Waals surface area contributed by atoms with Gasteiger partial charge in [-0.2, -0.15) is 4.80 Å². The van der Waals surface area contributed by atoms with Crippen LogP contribution < -0.4 is 0 Å². The fourth-order valence-electron chi connectivity index (χ4n) is 2.66. The fourth-order valence-corrected chi connectivity index (χ4v) is 3.31. The summed E-state index contributed by atoms with van der Waals surface area (Å²) in [6.45, 7) is 0.881. The third-order valence-electron chi connectivity index (χ3n) is 3.97. The van der Waals surface area contributed by atoms with E-state index in [4.69, 9.17) is 4.42 Å². The van der Waals surface area contributed by atoms with Crippen LogP contribution in [0.2, 0.25) is 0 Å². The van der Waals surface area contributed by atoms with Crippen LogP contribution in [0.4, 0.5) is 0 Å². The van der Waals surface area contributed by atoms with Crippen molar-refractivity contribution in [1.29, 1.82) is 0 Å². The first kappa shape index (κ1) is 17.2. The summed E-state index contributed by atoms with van der Waals surface area (Å²) in [6.07, 6.45) is 1.60. The largest absolute Gasteiger partial charge is 0.467 e. The summed E-state index contributed by atoms with van der Waals surface area (Å²) in [4.78, 5) is 16.9. The van der Waals surface area contributed by atoms with E-state index in [0.29, 0.717) is 18.9 Å². The Morgan fingerprint density at radius 2 is 1.96 bits per heavy atom. The maximum atomic E-state index is 12.9. The number of rotatable bonds is 7. The first-order chi connectivity index (χ1) is 13.3. The molecule has 0 unspecified atom stereocenters. The molecule has 136 valence electrons. The zero-order chi connectivity index (χ0) is 18.5. The van der Waals surface area contributed by atoms with Crippen molar-refractivity contribution in [3.8, 4) is 10.7 Å². The lowest BCUT2D eigenvalue weighted by Gasteiger charge is -2.21. The minimum atomic E-state index is -0.106. The summed E-state index contributed by atoms with van der Waals surface area (Å²) in [6, 6.07) is 17.4. The van der Waals surface area contributed by atoms with Gasteiger partial charge in [-0.25, -0.2) is 0 Å². The molecule has 0 aliphatic rings. The topological polar surface area (TPSA) is 77.1 Å². The highest BCUT2D eigenvalue weighted by molar-refractivity contribution is 7.13. The van der Waals surface area contributed by atoms with Crippen molar-refractivity contribution < 1.29 is 9.21 Å². The Kier molecular flexibility index (Phi) is 5.06. The molecule has 7 nitrogen and oxygen atoms in total. The number of tetrazole rings is 1. The molecule has 0 aliphatic heterocycles. The Morgan fingerprint density at radius 1 is 1.07 bits per heavy atom. The van der Waals surface area contributed by atoms with Gasteiger partial charge in [0.25, 0.3) is 0 Å². The van der Waals surface area contributed by atoms with Crippen LogP contribution in [-0.4, -0.2) is 31.0 Å². The van der Waals surface area contributed by atoms with E-state index in [1.165, 1.54) is 16.1 Å². The maximum Gasteiger partial charge on any atom is 0.246 e. The van der Waals surface area contributed by atoms with Crippen molar-refractivity contribution in [2.24, 2.45) is 0 Å². The molecule has 1 aromatic carbocycles. The molecule has 4 aromatic rings. The molecule has 0 saturated carbocycles. The molecule has 0 atom stereocenters.